The summed E-state index contributed by atoms with van der Waals surface area (Å²) in [6.07, 6.45) is 4.50. The summed E-state index contributed by atoms with van der Waals surface area (Å²) >= 11 is 6.35. The third-order valence-corrected chi connectivity index (χ3v) is 6.31. The van der Waals surface area contributed by atoms with Crippen molar-refractivity contribution in [2.24, 2.45) is 5.41 Å². The SMILES string of the molecule is CCCOC(=O)Nc1ccc(N2CCCC3(CCN(c4ccccc4Cl)C3=O)C2)nc1. The van der Waals surface area contributed by atoms with E-state index in [-0.39, 0.29) is 5.91 Å². The van der Waals surface area contributed by atoms with E-state index in [0.717, 1.165) is 43.7 Å². The molecule has 2 aliphatic heterocycles. The predicted molar refractivity (Wildman–Crippen MR) is 122 cm³/mol. The zero-order chi connectivity index (χ0) is 21.8. The Kier molecular flexibility index (Phi) is 6.32. The summed E-state index contributed by atoms with van der Waals surface area (Å²) in [6, 6.07) is 11.2. The van der Waals surface area contributed by atoms with Gasteiger partial charge in [-0.2, -0.15) is 0 Å². The molecule has 0 bridgehead atoms. The van der Waals surface area contributed by atoms with Gasteiger partial charge in [-0.3, -0.25) is 10.1 Å². The van der Waals surface area contributed by atoms with Crippen LogP contribution in [0.15, 0.2) is 42.6 Å². The number of para-hydroxylation sites is 1. The number of amides is 2. The molecule has 164 valence electrons. The number of halogens is 1. The highest BCUT2D eigenvalue weighted by molar-refractivity contribution is 6.34. The van der Waals surface area contributed by atoms with Crippen LogP contribution in [0.1, 0.15) is 32.6 Å². The Hall–Kier alpha value is -2.80. The number of carbonyl (C=O) groups is 2. The molecule has 1 aromatic carbocycles. The van der Waals surface area contributed by atoms with Gasteiger partial charge in [-0.1, -0.05) is 30.7 Å². The number of nitrogens with zero attached hydrogens (tertiary/aromatic N) is 3. The minimum absolute atomic E-state index is 0.141. The summed E-state index contributed by atoms with van der Waals surface area (Å²) in [4.78, 5) is 33.7. The first-order valence-corrected chi connectivity index (χ1v) is 11.1. The number of piperidine rings is 1. The van der Waals surface area contributed by atoms with Crippen molar-refractivity contribution in [3.8, 4) is 0 Å². The molecule has 2 amide bonds. The van der Waals surface area contributed by atoms with Crippen LogP contribution >= 0.6 is 11.6 Å². The van der Waals surface area contributed by atoms with Gasteiger partial charge in [0.25, 0.3) is 0 Å². The van der Waals surface area contributed by atoms with Gasteiger partial charge in [-0.25, -0.2) is 9.78 Å². The average Bonchev–Trinajstić information content (AvgIpc) is 3.08. The fraction of sp³-hybridized carbons (Fsp3) is 0.435. The van der Waals surface area contributed by atoms with Gasteiger partial charge in [-0.15, -0.1) is 0 Å². The highest BCUT2D eigenvalue weighted by Crippen LogP contribution is 2.43. The number of hydrogen-bond donors (Lipinski definition) is 1. The fourth-order valence-electron chi connectivity index (χ4n) is 4.42. The molecule has 2 aromatic rings. The van der Waals surface area contributed by atoms with Crippen LogP contribution < -0.4 is 15.1 Å². The van der Waals surface area contributed by atoms with Crippen molar-refractivity contribution in [3.63, 3.8) is 0 Å². The number of nitrogens with one attached hydrogen (secondary N) is 1. The second-order valence-electron chi connectivity index (χ2n) is 8.13. The first kappa shape index (κ1) is 21.4. The number of ether oxygens (including phenoxy) is 1. The Balaban J connectivity index is 1.44. The molecule has 8 heteroatoms. The molecule has 2 saturated heterocycles. The van der Waals surface area contributed by atoms with Crippen LogP contribution in [0.4, 0.5) is 22.0 Å². The van der Waals surface area contributed by atoms with Crippen molar-refractivity contribution in [3.05, 3.63) is 47.6 Å². The molecule has 0 radical (unpaired) electrons. The topological polar surface area (TPSA) is 74.8 Å². The molecule has 0 saturated carbocycles. The minimum atomic E-state index is -0.482. The van der Waals surface area contributed by atoms with E-state index in [4.69, 9.17) is 16.3 Å². The molecule has 2 aliphatic rings. The lowest BCUT2D eigenvalue weighted by Crippen LogP contribution is -2.48. The van der Waals surface area contributed by atoms with Crippen LogP contribution in [0.2, 0.25) is 5.02 Å². The Morgan fingerprint density at radius 2 is 2.06 bits per heavy atom. The van der Waals surface area contributed by atoms with Crippen LogP contribution in [0.3, 0.4) is 0 Å². The maximum absolute atomic E-state index is 13.4. The van der Waals surface area contributed by atoms with Gasteiger partial charge in [0.05, 0.1) is 34.6 Å². The number of hydrogen-bond acceptors (Lipinski definition) is 5. The lowest BCUT2D eigenvalue weighted by Gasteiger charge is -2.39. The van der Waals surface area contributed by atoms with E-state index in [0.29, 0.717) is 30.4 Å². The smallest absolute Gasteiger partial charge is 0.411 e. The van der Waals surface area contributed by atoms with E-state index < -0.39 is 11.5 Å². The third-order valence-electron chi connectivity index (χ3n) is 5.99. The summed E-state index contributed by atoms with van der Waals surface area (Å²) in [5, 5.41) is 3.28. The average molecular weight is 443 g/mol. The molecule has 3 heterocycles. The minimum Gasteiger partial charge on any atom is -0.449 e. The van der Waals surface area contributed by atoms with Crippen LogP contribution in [-0.2, 0) is 9.53 Å². The van der Waals surface area contributed by atoms with Crippen LogP contribution in [-0.4, -0.2) is 43.2 Å². The van der Waals surface area contributed by atoms with E-state index >= 15 is 0 Å². The molecule has 1 aromatic heterocycles. The molecular weight excluding hydrogens is 416 g/mol. The van der Waals surface area contributed by atoms with Crippen LogP contribution in [0.5, 0.6) is 0 Å². The largest absolute Gasteiger partial charge is 0.449 e. The number of benzene rings is 1. The normalized spacial score (nSPS) is 20.9. The number of rotatable bonds is 5. The Morgan fingerprint density at radius 1 is 1.23 bits per heavy atom. The standard InChI is InChI=1S/C23H27ClN4O3/c1-2-14-31-22(30)26-17-8-9-20(25-15-17)27-12-5-10-23(16-27)11-13-28(21(23)29)19-7-4-3-6-18(19)24/h3-4,6-9,15H,2,5,10-14,16H2,1H3,(H,26,30). The summed E-state index contributed by atoms with van der Waals surface area (Å²) in [5.74, 6) is 0.942. The summed E-state index contributed by atoms with van der Waals surface area (Å²) in [7, 11) is 0. The van der Waals surface area contributed by atoms with E-state index in [2.05, 4.69) is 15.2 Å². The van der Waals surface area contributed by atoms with Gasteiger partial charge in [0.15, 0.2) is 0 Å². The van der Waals surface area contributed by atoms with Gasteiger partial charge in [0.2, 0.25) is 5.91 Å². The van der Waals surface area contributed by atoms with Crippen LogP contribution in [0, 0.1) is 5.41 Å². The molecule has 1 atom stereocenters. The quantitative estimate of drug-likeness (QED) is 0.725. The fourth-order valence-corrected chi connectivity index (χ4v) is 4.66. The second-order valence-corrected chi connectivity index (χ2v) is 8.54. The predicted octanol–water partition coefficient (Wildman–Crippen LogP) is 4.72. The first-order valence-electron chi connectivity index (χ1n) is 10.7. The maximum atomic E-state index is 13.4. The molecule has 7 nitrogen and oxygen atoms in total. The van der Waals surface area contributed by atoms with E-state index in [1.165, 1.54) is 0 Å². The highest BCUT2D eigenvalue weighted by Gasteiger charge is 2.49. The lowest BCUT2D eigenvalue weighted by atomic mass is 9.78. The monoisotopic (exact) mass is 442 g/mol. The molecule has 31 heavy (non-hydrogen) atoms. The van der Waals surface area contributed by atoms with E-state index in [1.807, 2.05) is 48.2 Å². The number of carbonyl (C=O) groups excluding carboxylic acids is 2. The molecular formula is C23H27ClN4O3. The number of aromatic nitrogens is 1. The first-order chi connectivity index (χ1) is 15.0. The summed E-state index contributed by atoms with van der Waals surface area (Å²) in [6.45, 7) is 4.47. The second kappa shape index (κ2) is 9.14. The highest BCUT2D eigenvalue weighted by atomic mass is 35.5. The van der Waals surface area contributed by atoms with Crippen molar-refractivity contribution in [2.75, 3.05) is 41.4 Å². The Labute approximate surface area is 187 Å². The van der Waals surface area contributed by atoms with Crippen molar-refractivity contribution in [2.45, 2.75) is 32.6 Å². The summed E-state index contributed by atoms with van der Waals surface area (Å²) < 4.78 is 5.03. The van der Waals surface area contributed by atoms with Crippen molar-refractivity contribution in [1.29, 1.82) is 0 Å². The van der Waals surface area contributed by atoms with Gasteiger partial charge < -0.3 is 14.5 Å². The molecule has 4 rings (SSSR count). The molecule has 2 fully saturated rings. The van der Waals surface area contributed by atoms with Crippen LogP contribution in [0.25, 0.3) is 0 Å². The van der Waals surface area contributed by atoms with Gasteiger partial charge in [-0.05, 0) is 49.9 Å². The molecule has 1 unspecified atom stereocenters. The zero-order valence-electron chi connectivity index (χ0n) is 17.6. The molecule has 1 spiro atoms. The maximum Gasteiger partial charge on any atom is 0.411 e. The van der Waals surface area contributed by atoms with E-state index in [9.17, 15) is 9.59 Å². The number of pyridine rings is 1. The molecule has 0 aliphatic carbocycles. The Morgan fingerprint density at radius 3 is 2.81 bits per heavy atom. The van der Waals surface area contributed by atoms with Crippen molar-refractivity contribution < 1.29 is 14.3 Å². The Bertz CT molecular complexity index is 952. The van der Waals surface area contributed by atoms with Gasteiger partial charge in [0.1, 0.15) is 5.82 Å². The van der Waals surface area contributed by atoms with E-state index in [1.54, 1.807) is 6.20 Å². The third kappa shape index (κ3) is 4.46. The lowest BCUT2D eigenvalue weighted by molar-refractivity contribution is -0.126. The van der Waals surface area contributed by atoms with Crippen molar-refractivity contribution in [1.82, 2.24) is 4.98 Å². The van der Waals surface area contributed by atoms with Crippen molar-refractivity contribution >= 4 is 40.8 Å². The zero-order valence-corrected chi connectivity index (χ0v) is 18.4. The molecule has 1 N–H and O–H groups in total. The number of anilines is 3. The van der Waals surface area contributed by atoms with Gasteiger partial charge >= 0.3 is 6.09 Å². The summed E-state index contributed by atoms with van der Waals surface area (Å²) in [5.41, 5.74) is 0.949. The van der Waals surface area contributed by atoms with Gasteiger partial charge in [0, 0.05) is 19.6 Å².